The van der Waals surface area contributed by atoms with Crippen LogP contribution < -0.4 is 10.1 Å². The molecule has 0 radical (unpaired) electrons. The van der Waals surface area contributed by atoms with Gasteiger partial charge in [-0.2, -0.15) is 5.10 Å². The van der Waals surface area contributed by atoms with E-state index in [-0.39, 0.29) is 0 Å². The van der Waals surface area contributed by atoms with Crippen molar-refractivity contribution in [1.82, 2.24) is 25.1 Å². The van der Waals surface area contributed by atoms with Gasteiger partial charge >= 0.3 is 6.09 Å². The summed E-state index contributed by atoms with van der Waals surface area (Å²) in [7, 11) is -1.15. The second-order valence-corrected chi connectivity index (χ2v) is 16.1. The lowest BCUT2D eigenvalue weighted by molar-refractivity contribution is 0.0796. The number of pyridine rings is 1. The Labute approximate surface area is 221 Å². The van der Waals surface area contributed by atoms with Gasteiger partial charge in [0.2, 0.25) is 0 Å². The molecule has 3 aromatic rings. The molecule has 3 rings (SSSR count). The van der Waals surface area contributed by atoms with Crippen LogP contribution in [0.15, 0.2) is 49.1 Å². The van der Waals surface area contributed by atoms with Crippen LogP contribution in [-0.4, -0.2) is 47.1 Å². The summed E-state index contributed by atoms with van der Waals surface area (Å²) in [5.74, 6) is 1.19. The summed E-state index contributed by atoms with van der Waals surface area (Å²) in [6, 6.07) is 10.6. The van der Waals surface area contributed by atoms with E-state index in [9.17, 15) is 4.79 Å². The fourth-order valence-corrected chi connectivity index (χ4v) is 4.57. The van der Waals surface area contributed by atoms with Gasteiger partial charge in [0.05, 0.1) is 0 Å². The third-order valence-corrected chi connectivity index (χ3v) is 7.70. The molecule has 2 aromatic heterocycles. The zero-order valence-electron chi connectivity index (χ0n) is 22.7. The highest BCUT2D eigenvalue weighted by atomic mass is 28.3. The van der Waals surface area contributed by atoms with Crippen molar-refractivity contribution in [3.8, 4) is 28.3 Å². The fourth-order valence-electron chi connectivity index (χ4n) is 3.81. The van der Waals surface area contributed by atoms with Crippen molar-refractivity contribution >= 4 is 14.2 Å². The Balaban J connectivity index is 1.57. The smallest absolute Gasteiger partial charge is 0.410 e. The van der Waals surface area contributed by atoms with Crippen LogP contribution in [0.3, 0.4) is 0 Å². The molecule has 1 aromatic carbocycles. The summed E-state index contributed by atoms with van der Waals surface area (Å²) >= 11 is 0. The van der Waals surface area contributed by atoms with Gasteiger partial charge in [-0.1, -0.05) is 70.8 Å². The van der Waals surface area contributed by atoms with Crippen molar-refractivity contribution in [1.29, 1.82) is 0 Å². The number of carbonyl (C=O) groups is 1. The van der Waals surface area contributed by atoms with Gasteiger partial charge in [0, 0.05) is 44.7 Å². The molecule has 0 aliphatic rings. The van der Waals surface area contributed by atoms with Gasteiger partial charge < -0.3 is 14.8 Å². The number of benzene rings is 1. The van der Waals surface area contributed by atoms with Gasteiger partial charge in [0.1, 0.15) is 18.8 Å². The minimum absolute atomic E-state index is 0.348. The molecule has 0 saturated carbocycles. The second-order valence-electron chi connectivity index (χ2n) is 10.5. The topological polar surface area (TPSA) is 91.2 Å². The molecule has 37 heavy (non-hydrogen) atoms. The molecule has 8 nitrogen and oxygen atoms in total. The van der Waals surface area contributed by atoms with Gasteiger partial charge in [-0.3, -0.25) is 4.98 Å². The lowest BCUT2D eigenvalue weighted by atomic mass is 10.1. The number of amides is 1. The highest BCUT2D eigenvalue weighted by Crippen LogP contribution is 2.27. The van der Waals surface area contributed by atoms with Crippen LogP contribution in [0.4, 0.5) is 4.79 Å². The third-order valence-electron chi connectivity index (χ3n) is 6.00. The Hall–Kier alpha value is -3.04. The van der Waals surface area contributed by atoms with Gasteiger partial charge in [-0.15, -0.1) is 0 Å². The Morgan fingerprint density at radius 1 is 1.00 bits per heavy atom. The van der Waals surface area contributed by atoms with Gasteiger partial charge in [-0.25, -0.2) is 14.5 Å². The second kappa shape index (κ2) is 14.6. The largest absolute Gasteiger partial charge is 0.412 e. The number of carbonyl (C=O) groups excluding carboxylic acids is 1. The maximum Gasteiger partial charge on any atom is 0.412 e. The van der Waals surface area contributed by atoms with Crippen molar-refractivity contribution in [3.63, 3.8) is 0 Å². The first-order valence-corrected chi connectivity index (χ1v) is 17.0. The van der Waals surface area contributed by atoms with Crippen molar-refractivity contribution < 1.29 is 14.3 Å². The number of aromatic nitrogens is 4. The minimum atomic E-state index is -1.15. The van der Waals surface area contributed by atoms with E-state index < -0.39 is 14.2 Å². The Morgan fingerprint density at radius 3 is 2.59 bits per heavy atom. The average molecular weight is 524 g/mol. The average Bonchev–Trinajstić information content (AvgIpc) is 3.34. The van der Waals surface area contributed by atoms with E-state index in [0.29, 0.717) is 31.5 Å². The number of unbranched alkanes of at least 4 members (excludes halogenated alkanes) is 5. The zero-order chi connectivity index (χ0) is 26.5. The van der Waals surface area contributed by atoms with Crippen LogP contribution in [0.2, 0.25) is 25.7 Å². The first kappa shape index (κ1) is 28.5. The van der Waals surface area contributed by atoms with Gasteiger partial charge in [0.25, 0.3) is 0 Å². The van der Waals surface area contributed by atoms with E-state index in [1.54, 1.807) is 23.1 Å². The number of rotatable bonds is 15. The van der Waals surface area contributed by atoms with Crippen LogP contribution in [-0.2, 0) is 11.5 Å². The number of hydrogen-bond donors (Lipinski definition) is 1. The standard InChI is InChI=1S/C28H41N5O3Si/c1-5-6-7-8-9-10-14-30-28(34)36-26-13-11-12-23(18-26)24-17-25(20-29-19-24)27-31-21-32-33(27)22-35-15-16-37(2,3)4/h11-13,17-21H,5-10,14-16,22H2,1-4H3,(H,30,34). The quantitative estimate of drug-likeness (QED) is 0.175. The maximum atomic E-state index is 12.2. The monoisotopic (exact) mass is 523 g/mol. The van der Waals surface area contributed by atoms with Gasteiger partial charge in [0.15, 0.2) is 5.82 Å². The molecule has 0 aliphatic carbocycles. The molecule has 0 unspecified atom stereocenters. The number of nitrogens with one attached hydrogen (secondary N) is 1. The summed E-state index contributed by atoms with van der Waals surface area (Å²) in [5, 5.41) is 7.17. The molecule has 0 atom stereocenters. The molecule has 1 N–H and O–H groups in total. The molecule has 0 saturated heterocycles. The van der Waals surface area contributed by atoms with E-state index in [1.165, 1.54) is 32.0 Å². The lowest BCUT2D eigenvalue weighted by Gasteiger charge is -2.15. The summed E-state index contributed by atoms with van der Waals surface area (Å²) < 4.78 is 13.1. The normalized spacial score (nSPS) is 11.5. The molecular formula is C28H41N5O3Si. The van der Waals surface area contributed by atoms with Crippen LogP contribution in [0.25, 0.3) is 22.5 Å². The molecule has 1 amide bonds. The van der Waals surface area contributed by atoms with Crippen LogP contribution in [0, 0.1) is 0 Å². The summed E-state index contributed by atoms with van der Waals surface area (Å²) in [5.41, 5.74) is 2.63. The van der Waals surface area contributed by atoms with Crippen molar-refractivity contribution in [2.75, 3.05) is 13.2 Å². The number of ether oxygens (including phenoxy) is 2. The van der Waals surface area contributed by atoms with Crippen LogP contribution in [0.5, 0.6) is 5.75 Å². The van der Waals surface area contributed by atoms with Crippen molar-refractivity contribution in [3.05, 3.63) is 49.1 Å². The predicted octanol–water partition coefficient (Wildman–Crippen LogP) is 6.77. The van der Waals surface area contributed by atoms with Crippen molar-refractivity contribution in [2.24, 2.45) is 0 Å². The molecule has 0 fully saturated rings. The highest BCUT2D eigenvalue weighted by molar-refractivity contribution is 6.76. The SMILES string of the molecule is CCCCCCCCNC(=O)Oc1cccc(-c2cncc(-c3ncnn3COCC[Si](C)(C)C)c2)c1. The van der Waals surface area contributed by atoms with E-state index in [1.807, 2.05) is 24.3 Å². The van der Waals surface area contributed by atoms with E-state index in [2.05, 4.69) is 46.9 Å². The summed E-state index contributed by atoms with van der Waals surface area (Å²) in [6.45, 7) is 10.9. The highest BCUT2D eigenvalue weighted by Gasteiger charge is 2.14. The van der Waals surface area contributed by atoms with E-state index >= 15 is 0 Å². The first-order chi connectivity index (χ1) is 17.9. The third kappa shape index (κ3) is 10.1. The maximum absolute atomic E-state index is 12.2. The molecule has 9 heteroatoms. The number of nitrogens with zero attached hydrogens (tertiary/aromatic N) is 4. The number of hydrogen-bond acceptors (Lipinski definition) is 6. The summed E-state index contributed by atoms with van der Waals surface area (Å²) in [4.78, 5) is 21.1. The van der Waals surface area contributed by atoms with E-state index in [0.717, 1.165) is 35.6 Å². The zero-order valence-corrected chi connectivity index (χ0v) is 23.7. The Morgan fingerprint density at radius 2 is 1.78 bits per heavy atom. The van der Waals surface area contributed by atoms with E-state index in [4.69, 9.17) is 9.47 Å². The molecule has 0 aliphatic heterocycles. The molecular weight excluding hydrogens is 482 g/mol. The van der Waals surface area contributed by atoms with Crippen LogP contribution in [0.1, 0.15) is 45.4 Å². The Bertz CT molecular complexity index is 1110. The first-order valence-electron chi connectivity index (χ1n) is 13.3. The molecule has 2 heterocycles. The van der Waals surface area contributed by atoms with Crippen LogP contribution >= 0.6 is 0 Å². The molecule has 200 valence electrons. The van der Waals surface area contributed by atoms with Gasteiger partial charge in [-0.05, 0) is 36.2 Å². The molecule has 0 spiro atoms. The minimum Gasteiger partial charge on any atom is -0.410 e. The molecule has 0 bridgehead atoms. The predicted molar refractivity (Wildman–Crippen MR) is 150 cm³/mol. The summed E-state index contributed by atoms with van der Waals surface area (Å²) in [6.07, 6.45) is 11.7. The fraction of sp³-hybridized carbons (Fsp3) is 0.500. The Kier molecular flexibility index (Phi) is 11.3. The van der Waals surface area contributed by atoms with Crippen molar-refractivity contribution in [2.45, 2.75) is 77.9 Å². The lowest BCUT2D eigenvalue weighted by Crippen LogP contribution is -2.27.